The summed E-state index contributed by atoms with van der Waals surface area (Å²) in [5.41, 5.74) is 7.26. The van der Waals surface area contributed by atoms with Gasteiger partial charge in [-0.3, -0.25) is 0 Å². The summed E-state index contributed by atoms with van der Waals surface area (Å²) in [5, 5.41) is 0. The second-order valence-electron chi connectivity index (χ2n) is 14.5. The SMILES string of the molecule is CCCCCCC(CCCC)COc1cccc(-c2ccccc2-c2cc(OCC(CCCC)CCCCCC)ccc2-c2ccccc2)c1. The van der Waals surface area contributed by atoms with E-state index in [1.165, 1.54) is 136 Å². The van der Waals surface area contributed by atoms with Crippen molar-refractivity contribution in [3.05, 3.63) is 97.1 Å². The Labute approximate surface area is 306 Å². The minimum Gasteiger partial charge on any atom is -0.493 e. The van der Waals surface area contributed by atoms with Crippen LogP contribution in [0.1, 0.15) is 130 Å². The predicted molar refractivity (Wildman–Crippen MR) is 217 cm³/mol. The fourth-order valence-corrected chi connectivity index (χ4v) is 7.18. The average molecular weight is 675 g/mol. The predicted octanol–water partition coefficient (Wildman–Crippen LogP) is 15.0. The molecule has 0 aliphatic rings. The van der Waals surface area contributed by atoms with Gasteiger partial charge in [-0.05, 0) is 95.2 Å². The van der Waals surface area contributed by atoms with Gasteiger partial charge in [0, 0.05) is 0 Å². The van der Waals surface area contributed by atoms with Crippen molar-refractivity contribution in [3.8, 4) is 44.9 Å². The summed E-state index contributed by atoms with van der Waals surface area (Å²) in [6.45, 7) is 10.7. The summed E-state index contributed by atoms with van der Waals surface area (Å²) < 4.78 is 13.2. The van der Waals surface area contributed by atoms with Gasteiger partial charge in [0.25, 0.3) is 0 Å². The molecule has 2 unspecified atom stereocenters. The lowest BCUT2D eigenvalue weighted by molar-refractivity contribution is 0.225. The van der Waals surface area contributed by atoms with Gasteiger partial charge >= 0.3 is 0 Å². The van der Waals surface area contributed by atoms with Crippen LogP contribution in [0.5, 0.6) is 11.5 Å². The first-order valence-electron chi connectivity index (χ1n) is 20.3. The Bertz CT molecular complexity index is 1470. The van der Waals surface area contributed by atoms with Crippen molar-refractivity contribution in [3.63, 3.8) is 0 Å². The van der Waals surface area contributed by atoms with Crippen molar-refractivity contribution in [2.45, 2.75) is 130 Å². The zero-order valence-electron chi connectivity index (χ0n) is 31.9. The molecule has 2 nitrogen and oxygen atoms in total. The molecule has 0 saturated carbocycles. The minimum atomic E-state index is 0.608. The highest BCUT2D eigenvalue weighted by Crippen LogP contribution is 2.41. The molecule has 0 bridgehead atoms. The van der Waals surface area contributed by atoms with E-state index in [-0.39, 0.29) is 0 Å². The Morgan fingerprint density at radius 1 is 0.380 bits per heavy atom. The maximum Gasteiger partial charge on any atom is 0.119 e. The van der Waals surface area contributed by atoms with Gasteiger partial charge in [0.05, 0.1) is 13.2 Å². The fourth-order valence-electron chi connectivity index (χ4n) is 7.18. The number of benzene rings is 4. The Morgan fingerprint density at radius 2 is 0.880 bits per heavy atom. The first-order valence-corrected chi connectivity index (χ1v) is 20.3. The first-order chi connectivity index (χ1) is 24.7. The van der Waals surface area contributed by atoms with E-state index in [4.69, 9.17) is 9.47 Å². The van der Waals surface area contributed by atoms with E-state index in [0.29, 0.717) is 11.8 Å². The lowest BCUT2D eigenvalue weighted by Gasteiger charge is -2.20. The molecule has 0 aromatic heterocycles. The topological polar surface area (TPSA) is 18.5 Å². The van der Waals surface area contributed by atoms with E-state index >= 15 is 0 Å². The summed E-state index contributed by atoms with van der Waals surface area (Å²) in [6, 6.07) is 35.1. The average Bonchev–Trinajstić information content (AvgIpc) is 3.17. The fraction of sp³-hybridized carbons (Fsp3) is 0.500. The van der Waals surface area contributed by atoms with Crippen LogP contribution in [0.3, 0.4) is 0 Å². The Hall–Kier alpha value is -3.52. The van der Waals surface area contributed by atoms with Crippen LogP contribution >= 0.6 is 0 Å². The molecule has 4 rings (SSSR count). The van der Waals surface area contributed by atoms with Gasteiger partial charge in [0.2, 0.25) is 0 Å². The molecule has 2 atom stereocenters. The monoisotopic (exact) mass is 675 g/mol. The largest absolute Gasteiger partial charge is 0.493 e. The van der Waals surface area contributed by atoms with E-state index in [1.54, 1.807) is 0 Å². The van der Waals surface area contributed by atoms with Crippen LogP contribution in [0.15, 0.2) is 97.1 Å². The summed E-state index contributed by atoms with van der Waals surface area (Å²) in [5.74, 6) is 3.15. The maximum absolute atomic E-state index is 6.64. The van der Waals surface area contributed by atoms with Gasteiger partial charge in [0.1, 0.15) is 11.5 Å². The zero-order valence-corrected chi connectivity index (χ0v) is 31.9. The van der Waals surface area contributed by atoms with Crippen LogP contribution in [-0.2, 0) is 0 Å². The van der Waals surface area contributed by atoms with Crippen LogP contribution in [0.25, 0.3) is 33.4 Å². The number of rotatable bonds is 25. The quantitative estimate of drug-likeness (QED) is 0.0651. The highest BCUT2D eigenvalue weighted by Gasteiger charge is 2.16. The summed E-state index contributed by atoms with van der Waals surface area (Å²) in [6.07, 6.45) is 20.6. The van der Waals surface area contributed by atoms with Gasteiger partial charge in [-0.2, -0.15) is 0 Å². The van der Waals surface area contributed by atoms with E-state index < -0.39 is 0 Å². The standard InChI is InChI=1S/C48H66O2/c1-5-9-13-16-25-39(23-11-7-3)37-49-43-30-22-29-42(35-43)45-31-20-21-32-47(45)48-36-44(33-34-46(48)41-27-18-15-19-28-41)50-38-40(24-12-8-4)26-17-14-10-6-2/h15,18-22,27-36,39-40H,5-14,16-17,23-26,37-38H2,1-4H3. The smallest absolute Gasteiger partial charge is 0.119 e. The zero-order chi connectivity index (χ0) is 35.2. The summed E-state index contributed by atoms with van der Waals surface area (Å²) in [4.78, 5) is 0. The van der Waals surface area contributed by atoms with Crippen molar-refractivity contribution in [1.82, 2.24) is 0 Å². The molecule has 0 aliphatic heterocycles. The molecule has 0 aliphatic carbocycles. The lowest BCUT2D eigenvalue weighted by Crippen LogP contribution is -2.12. The van der Waals surface area contributed by atoms with Gasteiger partial charge in [-0.1, -0.05) is 178 Å². The number of unbranched alkanes of at least 4 members (excludes halogenated alkanes) is 8. The third-order valence-electron chi connectivity index (χ3n) is 10.3. The molecule has 0 heterocycles. The molecule has 270 valence electrons. The highest BCUT2D eigenvalue weighted by atomic mass is 16.5. The van der Waals surface area contributed by atoms with Crippen LogP contribution in [-0.4, -0.2) is 13.2 Å². The molecule has 0 amide bonds. The van der Waals surface area contributed by atoms with Crippen molar-refractivity contribution in [2.24, 2.45) is 11.8 Å². The molecule has 0 saturated heterocycles. The molecule has 2 heteroatoms. The molecule has 0 spiro atoms. The molecule has 0 fully saturated rings. The van der Waals surface area contributed by atoms with E-state index in [2.05, 4.69) is 125 Å². The highest BCUT2D eigenvalue weighted by molar-refractivity contribution is 5.92. The van der Waals surface area contributed by atoms with Crippen LogP contribution in [0.2, 0.25) is 0 Å². The third kappa shape index (κ3) is 13.0. The van der Waals surface area contributed by atoms with E-state index in [9.17, 15) is 0 Å². The van der Waals surface area contributed by atoms with Crippen molar-refractivity contribution >= 4 is 0 Å². The Balaban J connectivity index is 1.60. The van der Waals surface area contributed by atoms with Crippen LogP contribution < -0.4 is 9.47 Å². The number of hydrogen-bond acceptors (Lipinski definition) is 2. The molecular weight excluding hydrogens is 609 g/mol. The second-order valence-corrected chi connectivity index (χ2v) is 14.5. The van der Waals surface area contributed by atoms with Crippen molar-refractivity contribution in [1.29, 1.82) is 0 Å². The number of hydrogen-bond donors (Lipinski definition) is 0. The number of ether oxygens (including phenoxy) is 2. The second kappa shape index (κ2) is 23.0. The van der Waals surface area contributed by atoms with Gasteiger partial charge < -0.3 is 9.47 Å². The molecular formula is C48H66O2. The Kier molecular flexibility index (Phi) is 18.1. The van der Waals surface area contributed by atoms with Crippen molar-refractivity contribution < 1.29 is 9.47 Å². The minimum absolute atomic E-state index is 0.608. The molecule has 0 radical (unpaired) electrons. The molecule has 0 N–H and O–H groups in total. The molecule has 4 aromatic rings. The van der Waals surface area contributed by atoms with Crippen molar-refractivity contribution in [2.75, 3.05) is 13.2 Å². The van der Waals surface area contributed by atoms with Gasteiger partial charge in [-0.25, -0.2) is 0 Å². The lowest BCUT2D eigenvalue weighted by atomic mass is 9.89. The molecule has 50 heavy (non-hydrogen) atoms. The van der Waals surface area contributed by atoms with Gasteiger partial charge in [-0.15, -0.1) is 0 Å². The normalized spacial score (nSPS) is 12.5. The van der Waals surface area contributed by atoms with Gasteiger partial charge in [0.15, 0.2) is 0 Å². The maximum atomic E-state index is 6.64. The van der Waals surface area contributed by atoms with E-state index in [1.807, 2.05) is 0 Å². The van der Waals surface area contributed by atoms with Crippen LogP contribution in [0.4, 0.5) is 0 Å². The summed E-state index contributed by atoms with van der Waals surface area (Å²) in [7, 11) is 0. The Morgan fingerprint density at radius 3 is 1.48 bits per heavy atom. The van der Waals surface area contributed by atoms with Crippen LogP contribution in [0, 0.1) is 11.8 Å². The van der Waals surface area contributed by atoms with E-state index in [0.717, 1.165) is 24.7 Å². The third-order valence-corrected chi connectivity index (χ3v) is 10.3. The summed E-state index contributed by atoms with van der Waals surface area (Å²) >= 11 is 0. The first kappa shape index (κ1) is 39.3. The molecule has 4 aromatic carbocycles.